The number of aliphatic hydroxyl groups excluding tert-OH is 1. The molecule has 0 aliphatic heterocycles. The minimum absolute atomic E-state index is 0.173. The highest BCUT2D eigenvalue weighted by Gasteiger charge is 2.37. The van der Waals surface area contributed by atoms with Crippen molar-refractivity contribution >= 4 is 0 Å². The molecule has 1 aromatic rings. The Morgan fingerprint density at radius 3 is 2.58 bits per heavy atom. The van der Waals surface area contributed by atoms with E-state index in [2.05, 4.69) is 13.0 Å². The quantitative estimate of drug-likeness (QED) is 0.802. The average molecular weight is 266 g/mol. The van der Waals surface area contributed by atoms with Gasteiger partial charge in [-0.1, -0.05) is 13.0 Å². The lowest BCUT2D eigenvalue weighted by molar-refractivity contribution is 0.0116. The van der Waals surface area contributed by atoms with E-state index >= 15 is 0 Å². The monoisotopic (exact) mass is 266 g/mol. The third kappa shape index (κ3) is 3.01. The highest BCUT2D eigenvalue weighted by atomic mass is 16.5. The first kappa shape index (κ1) is 14.2. The van der Waals surface area contributed by atoms with E-state index in [-0.39, 0.29) is 6.10 Å². The third-order valence-electron chi connectivity index (χ3n) is 3.90. The average Bonchev–Trinajstić information content (AvgIpc) is 2.45. The largest absolute Gasteiger partial charge is 0.493 e. The number of benzene rings is 1. The van der Waals surface area contributed by atoms with Gasteiger partial charge in [-0.25, -0.2) is 0 Å². The van der Waals surface area contributed by atoms with Crippen molar-refractivity contribution in [2.24, 2.45) is 5.92 Å². The standard InChI is InChI=1S/C15H22O4/c1-10-12(9-13(10)16)11-4-5-14(15(8-11)18-3)19-7-6-17-2/h4-5,8,10,12-13,16H,6-7,9H2,1-3H3. The first-order chi connectivity index (χ1) is 9.17. The number of rotatable bonds is 6. The van der Waals surface area contributed by atoms with Gasteiger partial charge in [0.05, 0.1) is 19.8 Å². The van der Waals surface area contributed by atoms with E-state index in [9.17, 15) is 5.11 Å². The molecule has 19 heavy (non-hydrogen) atoms. The Bertz CT molecular complexity index is 419. The summed E-state index contributed by atoms with van der Waals surface area (Å²) < 4.78 is 15.9. The van der Waals surface area contributed by atoms with Gasteiger partial charge in [0.15, 0.2) is 11.5 Å². The molecule has 2 rings (SSSR count). The summed E-state index contributed by atoms with van der Waals surface area (Å²) in [5, 5.41) is 9.60. The Labute approximate surface area is 114 Å². The zero-order chi connectivity index (χ0) is 13.8. The van der Waals surface area contributed by atoms with Crippen molar-refractivity contribution in [3.8, 4) is 11.5 Å². The first-order valence-electron chi connectivity index (χ1n) is 6.65. The van der Waals surface area contributed by atoms with Crippen molar-refractivity contribution in [1.29, 1.82) is 0 Å². The summed E-state index contributed by atoms with van der Waals surface area (Å²) in [5.74, 6) is 2.19. The van der Waals surface area contributed by atoms with Crippen LogP contribution in [0.15, 0.2) is 18.2 Å². The second-order valence-electron chi connectivity index (χ2n) is 5.02. The Morgan fingerprint density at radius 2 is 2.00 bits per heavy atom. The van der Waals surface area contributed by atoms with Crippen LogP contribution in [0.4, 0.5) is 0 Å². The maximum Gasteiger partial charge on any atom is 0.161 e. The van der Waals surface area contributed by atoms with Gasteiger partial charge in [0, 0.05) is 7.11 Å². The number of ether oxygens (including phenoxy) is 3. The van der Waals surface area contributed by atoms with Gasteiger partial charge in [-0.3, -0.25) is 0 Å². The minimum Gasteiger partial charge on any atom is -0.493 e. The van der Waals surface area contributed by atoms with E-state index < -0.39 is 0 Å². The molecule has 106 valence electrons. The Hall–Kier alpha value is -1.26. The summed E-state index contributed by atoms with van der Waals surface area (Å²) in [5.41, 5.74) is 1.20. The van der Waals surface area contributed by atoms with Crippen LogP contribution in [0.1, 0.15) is 24.8 Å². The lowest BCUT2D eigenvalue weighted by Gasteiger charge is -2.39. The maximum atomic E-state index is 9.60. The maximum absolute atomic E-state index is 9.60. The van der Waals surface area contributed by atoms with E-state index in [0.29, 0.717) is 25.0 Å². The predicted octanol–water partition coefficient (Wildman–Crippen LogP) is 2.20. The van der Waals surface area contributed by atoms with Gasteiger partial charge in [-0.15, -0.1) is 0 Å². The molecular formula is C15H22O4. The highest BCUT2D eigenvalue weighted by molar-refractivity contribution is 5.44. The first-order valence-corrected chi connectivity index (χ1v) is 6.65. The summed E-state index contributed by atoms with van der Waals surface area (Å²) in [6.07, 6.45) is 0.655. The fraction of sp³-hybridized carbons (Fsp3) is 0.600. The van der Waals surface area contributed by atoms with Gasteiger partial charge in [-0.2, -0.15) is 0 Å². The Balaban J connectivity index is 2.07. The van der Waals surface area contributed by atoms with Crippen LogP contribution in [-0.2, 0) is 4.74 Å². The molecule has 0 heterocycles. The Morgan fingerprint density at radius 1 is 1.21 bits per heavy atom. The van der Waals surface area contributed by atoms with Crippen molar-refractivity contribution in [2.75, 3.05) is 27.4 Å². The molecule has 1 aliphatic carbocycles. The molecule has 4 nitrogen and oxygen atoms in total. The van der Waals surface area contributed by atoms with Gasteiger partial charge in [-0.05, 0) is 36.0 Å². The van der Waals surface area contributed by atoms with Crippen molar-refractivity contribution < 1.29 is 19.3 Å². The molecule has 0 radical (unpaired) electrons. The summed E-state index contributed by atoms with van der Waals surface area (Å²) >= 11 is 0. The van der Waals surface area contributed by atoms with Gasteiger partial charge in [0.2, 0.25) is 0 Å². The molecule has 3 unspecified atom stereocenters. The molecule has 0 aromatic heterocycles. The van der Waals surface area contributed by atoms with E-state index in [0.717, 1.165) is 17.9 Å². The number of hydrogen-bond acceptors (Lipinski definition) is 4. The van der Waals surface area contributed by atoms with Gasteiger partial charge in [0.25, 0.3) is 0 Å². The second kappa shape index (κ2) is 6.26. The molecule has 1 aromatic carbocycles. The molecule has 4 heteroatoms. The molecule has 1 saturated carbocycles. The predicted molar refractivity (Wildman–Crippen MR) is 72.9 cm³/mol. The number of hydrogen-bond donors (Lipinski definition) is 1. The van der Waals surface area contributed by atoms with E-state index in [1.54, 1.807) is 14.2 Å². The lowest BCUT2D eigenvalue weighted by Crippen LogP contribution is -2.37. The summed E-state index contributed by atoms with van der Waals surface area (Å²) in [6.45, 7) is 3.13. The van der Waals surface area contributed by atoms with Crippen molar-refractivity contribution in [3.63, 3.8) is 0 Å². The molecule has 0 amide bonds. The van der Waals surface area contributed by atoms with Crippen LogP contribution in [0.2, 0.25) is 0 Å². The molecule has 0 saturated heterocycles. The normalized spacial score (nSPS) is 25.8. The van der Waals surface area contributed by atoms with Crippen LogP contribution in [0, 0.1) is 5.92 Å². The van der Waals surface area contributed by atoms with Crippen LogP contribution in [-0.4, -0.2) is 38.6 Å². The smallest absolute Gasteiger partial charge is 0.161 e. The molecule has 1 aliphatic rings. The third-order valence-corrected chi connectivity index (χ3v) is 3.90. The summed E-state index contributed by atoms with van der Waals surface area (Å²) in [4.78, 5) is 0. The molecule has 0 spiro atoms. The topological polar surface area (TPSA) is 47.9 Å². The van der Waals surface area contributed by atoms with Crippen LogP contribution < -0.4 is 9.47 Å². The van der Waals surface area contributed by atoms with Gasteiger partial charge >= 0.3 is 0 Å². The van der Waals surface area contributed by atoms with Crippen LogP contribution >= 0.6 is 0 Å². The lowest BCUT2D eigenvalue weighted by atomic mass is 9.69. The van der Waals surface area contributed by atoms with E-state index in [4.69, 9.17) is 14.2 Å². The molecular weight excluding hydrogens is 244 g/mol. The fourth-order valence-corrected chi connectivity index (χ4v) is 2.47. The minimum atomic E-state index is -0.173. The SMILES string of the molecule is COCCOc1ccc(C2CC(O)C2C)cc1OC. The molecule has 3 atom stereocenters. The van der Waals surface area contributed by atoms with Crippen molar-refractivity contribution in [3.05, 3.63) is 23.8 Å². The number of methoxy groups -OCH3 is 2. The zero-order valence-electron chi connectivity index (χ0n) is 11.8. The van der Waals surface area contributed by atoms with Crippen LogP contribution in [0.3, 0.4) is 0 Å². The summed E-state index contributed by atoms with van der Waals surface area (Å²) in [7, 11) is 3.29. The van der Waals surface area contributed by atoms with Gasteiger partial charge in [0.1, 0.15) is 6.61 Å². The summed E-state index contributed by atoms with van der Waals surface area (Å²) in [6, 6.07) is 5.99. The van der Waals surface area contributed by atoms with E-state index in [1.807, 2.05) is 12.1 Å². The van der Waals surface area contributed by atoms with Crippen molar-refractivity contribution in [2.45, 2.75) is 25.4 Å². The number of aliphatic hydroxyl groups is 1. The highest BCUT2D eigenvalue weighted by Crippen LogP contribution is 2.44. The molecule has 0 bridgehead atoms. The second-order valence-corrected chi connectivity index (χ2v) is 5.02. The van der Waals surface area contributed by atoms with Gasteiger partial charge < -0.3 is 19.3 Å². The van der Waals surface area contributed by atoms with E-state index in [1.165, 1.54) is 5.56 Å². The molecule has 1 fully saturated rings. The van der Waals surface area contributed by atoms with Crippen molar-refractivity contribution in [1.82, 2.24) is 0 Å². The molecule has 1 N–H and O–H groups in total. The van der Waals surface area contributed by atoms with Crippen LogP contribution in [0.25, 0.3) is 0 Å². The van der Waals surface area contributed by atoms with Crippen LogP contribution in [0.5, 0.6) is 11.5 Å². The fourth-order valence-electron chi connectivity index (χ4n) is 2.47. The Kier molecular flexibility index (Phi) is 4.66. The zero-order valence-corrected chi connectivity index (χ0v) is 11.8.